The second kappa shape index (κ2) is 8.34. The molecule has 28 heavy (non-hydrogen) atoms. The number of aryl methyl sites for hydroxylation is 1. The van der Waals surface area contributed by atoms with Gasteiger partial charge in [0.1, 0.15) is 5.56 Å². The summed E-state index contributed by atoms with van der Waals surface area (Å²) in [7, 11) is 0. The van der Waals surface area contributed by atoms with Crippen LogP contribution in [-0.2, 0) is 11.3 Å². The number of carbonyl (C=O) groups excluding carboxylic acids is 2. The number of anilines is 1. The van der Waals surface area contributed by atoms with Crippen molar-refractivity contribution >= 4 is 28.4 Å². The molecule has 3 N–H and O–H groups in total. The molecule has 0 fully saturated rings. The van der Waals surface area contributed by atoms with E-state index in [1.165, 1.54) is 22.9 Å². The lowest BCUT2D eigenvalue weighted by molar-refractivity contribution is -0.115. The number of pyridine rings is 2. The van der Waals surface area contributed by atoms with Crippen LogP contribution in [0.3, 0.4) is 0 Å². The summed E-state index contributed by atoms with van der Waals surface area (Å²) in [6.07, 6.45) is 3.67. The average molecular weight is 380 g/mol. The Bertz CT molecular complexity index is 1150. The molecule has 3 rings (SSSR count). The lowest BCUT2D eigenvalue weighted by Crippen LogP contribution is -2.35. The number of hydrogen-bond donors (Lipinski definition) is 3. The van der Waals surface area contributed by atoms with E-state index in [0.717, 1.165) is 6.42 Å². The van der Waals surface area contributed by atoms with Crippen molar-refractivity contribution in [1.82, 2.24) is 14.9 Å². The van der Waals surface area contributed by atoms with Crippen LogP contribution in [0.4, 0.5) is 5.69 Å². The molecule has 3 aromatic rings. The number of benzene rings is 1. The van der Waals surface area contributed by atoms with Gasteiger partial charge in [-0.2, -0.15) is 0 Å². The van der Waals surface area contributed by atoms with Crippen LogP contribution in [0, 0.1) is 0 Å². The highest BCUT2D eigenvalue weighted by Gasteiger charge is 2.14. The summed E-state index contributed by atoms with van der Waals surface area (Å²) >= 11 is 0. The van der Waals surface area contributed by atoms with Gasteiger partial charge in [-0.3, -0.25) is 19.2 Å². The van der Waals surface area contributed by atoms with Gasteiger partial charge in [0.05, 0.1) is 12.2 Å². The van der Waals surface area contributed by atoms with E-state index in [1.807, 2.05) is 6.92 Å². The first kappa shape index (κ1) is 19.1. The third-order valence-corrected chi connectivity index (χ3v) is 4.17. The third-order valence-electron chi connectivity index (χ3n) is 4.17. The molecule has 0 radical (unpaired) electrons. The van der Waals surface area contributed by atoms with Gasteiger partial charge in [0, 0.05) is 35.9 Å². The molecule has 0 atom stereocenters. The molecule has 8 heteroatoms. The van der Waals surface area contributed by atoms with Crippen LogP contribution in [0.1, 0.15) is 23.7 Å². The predicted octanol–water partition coefficient (Wildman–Crippen LogP) is 1.47. The fourth-order valence-electron chi connectivity index (χ4n) is 2.82. The zero-order valence-electron chi connectivity index (χ0n) is 15.3. The van der Waals surface area contributed by atoms with Gasteiger partial charge in [0.25, 0.3) is 11.5 Å². The van der Waals surface area contributed by atoms with E-state index >= 15 is 0 Å². The quantitative estimate of drug-likeness (QED) is 0.601. The molecule has 0 aliphatic rings. The van der Waals surface area contributed by atoms with Gasteiger partial charge in [-0.05, 0) is 24.6 Å². The van der Waals surface area contributed by atoms with E-state index in [4.69, 9.17) is 0 Å². The van der Waals surface area contributed by atoms with Gasteiger partial charge in [-0.15, -0.1) is 0 Å². The van der Waals surface area contributed by atoms with Gasteiger partial charge < -0.3 is 20.2 Å². The maximum Gasteiger partial charge on any atom is 0.257 e. The fourth-order valence-corrected chi connectivity index (χ4v) is 2.82. The minimum atomic E-state index is -0.641. The molecular weight excluding hydrogens is 360 g/mol. The second-order valence-electron chi connectivity index (χ2n) is 6.26. The Hall–Kier alpha value is -3.68. The summed E-state index contributed by atoms with van der Waals surface area (Å²) in [6.45, 7) is 2.18. The zero-order valence-corrected chi connectivity index (χ0v) is 15.3. The summed E-state index contributed by atoms with van der Waals surface area (Å²) in [5, 5.41) is 5.46. The van der Waals surface area contributed by atoms with E-state index in [9.17, 15) is 19.2 Å². The standard InChI is InChI=1S/C20H20N4O4/c1-2-9-24-12-13(7-8-18(24)26)23-17(25)11-22-20(28)15-10-21-16-6-4-3-5-14(16)19(15)27/h3-8,10,12H,2,9,11H2,1H3,(H,21,27)(H,22,28)(H,23,25). The van der Waals surface area contributed by atoms with Crippen molar-refractivity contribution in [2.45, 2.75) is 19.9 Å². The lowest BCUT2D eigenvalue weighted by Gasteiger charge is -2.09. The Morgan fingerprint density at radius 2 is 1.89 bits per heavy atom. The molecule has 2 amide bonds. The molecule has 8 nitrogen and oxygen atoms in total. The van der Waals surface area contributed by atoms with Gasteiger partial charge in [0.2, 0.25) is 11.3 Å². The summed E-state index contributed by atoms with van der Waals surface area (Å²) < 4.78 is 1.50. The number of nitrogens with zero attached hydrogens (tertiary/aromatic N) is 1. The lowest BCUT2D eigenvalue weighted by atomic mass is 10.1. The number of H-pyrrole nitrogens is 1. The number of rotatable bonds is 6. The molecule has 0 saturated heterocycles. The van der Waals surface area contributed by atoms with Crippen molar-refractivity contribution in [2.75, 3.05) is 11.9 Å². The number of carbonyl (C=O) groups is 2. The zero-order chi connectivity index (χ0) is 20.1. The summed E-state index contributed by atoms with van der Waals surface area (Å²) in [5.74, 6) is -1.11. The average Bonchev–Trinajstić information content (AvgIpc) is 2.69. The topological polar surface area (TPSA) is 113 Å². The Balaban J connectivity index is 1.66. The van der Waals surface area contributed by atoms with E-state index in [-0.39, 0.29) is 17.7 Å². The van der Waals surface area contributed by atoms with Gasteiger partial charge in [-0.1, -0.05) is 19.1 Å². The Morgan fingerprint density at radius 3 is 2.68 bits per heavy atom. The molecule has 0 aliphatic carbocycles. The van der Waals surface area contributed by atoms with Crippen LogP contribution < -0.4 is 21.6 Å². The number of hydrogen-bond acceptors (Lipinski definition) is 4. The molecule has 0 unspecified atom stereocenters. The van der Waals surface area contributed by atoms with Crippen molar-refractivity contribution in [1.29, 1.82) is 0 Å². The smallest absolute Gasteiger partial charge is 0.257 e. The van der Waals surface area contributed by atoms with Crippen LogP contribution in [-0.4, -0.2) is 27.9 Å². The van der Waals surface area contributed by atoms with E-state index in [1.54, 1.807) is 30.5 Å². The first-order valence-corrected chi connectivity index (χ1v) is 8.88. The highest BCUT2D eigenvalue weighted by molar-refractivity contribution is 6.00. The minimum absolute atomic E-state index is 0.0667. The molecule has 144 valence electrons. The van der Waals surface area contributed by atoms with Crippen LogP contribution in [0.2, 0.25) is 0 Å². The Morgan fingerprint density at radius 1 is 1.11 bits per heavy atom. The van der Waals surface area contributed by atoms with E-state index in [0.29, 0.717) is 23.1 Å². The maximum atomic E-state index is 12.4. The fraction of sp³-hybridized carbons (Fsp3) is 0.200. The predicted molar refractivity (Wildman–Crippen MR) is 107 cm³/mol. The SMILES string of the molecule is CCCn1cc(NC(=O)CNC(=O)c2c[nH]c3ccccc3c2=O)ccc1=O. The summed E-state index contributed by atoms with van der Waals surface area (Å²) in [6, 6.07) is 9.74. The van der Waals surface area contributed by atoms with Gasteiger partial charge in [0.15, 0.2) is 0 Å². The Labute approximate surface area is 160 Å². The van der Waals surface area contributed by atoms with Crippen molar-refractivity contribution < 1.29 is 9.59 Å². The number of para-hydroxylation sites is 1. The minimum Gasteiger partial charge on any atom is -0.360 e. The van der Waals surface area contributed by atoms with Crippen molar-refractivity contribution in [2.24, 2.45) is 0 Å². The Kier molecular flexibility index (Phi) is 5.69. The largest absolute Gasteiger partial charge is 0.360 e. The van der Waals surface area contributed by atoms with Crippen LogP contribution in [0.15, 0.2) is 58.4 Å². The molecule has 0 saturated carbocycles. The number of nitrogens with one attached hydrogen (secondary N) is 3. The second-order valence-corrected chi connectivity index (χ2v) is 6.26. The van der Waals surface area contributed by atoms with Crippen LogP contribution in [0.25, 0.3) is 10.9 Å². The van der Waals surface area contributed by atoms with Crippen LogP contribution in [0.5, 0.6) is 0 Å². The number of aromatic nitrogens is 2. The number of amides is 2. The third kappa shape index (κ3) is 4.17. The highest BCUT2D eigenvalue weighted by atomic mass is 16.2. The van der Waals surface area contributed by atoms with Crippen LogP contribution >= 0.6 is 0 Å². The van der Waals surface area contributed by atoms with Crippen molar-refractivity contribution in [3.63, 3.8) is 0 Å². The molecule has 0 aliphatic heterocycles. The number of fused-ring (bicyclic) bond motifs is 1. The molecule has 0 bridgehead atoms. The normalized spacial score (nSPS) is 10.6. The summed E-state index contributed by atoms with van der Waals surface area (Å²) in [5.41, 5.74) is 0.463. The van der Waals surface area contributed by atoms with Crippen molar-refractivity contribution in [3.05, 3.63) is 74.9 Å². The monoisotopic (exact) mass is 380 g/mol. The first-order valence-electron chi connectivity index (χ1n) is 8.88. The van der Waals surface area contributed by atoms with E-state index in [2.05, 4.69) is 15.6 Å². The van der Waals surface area contributed by atoms with E-state index < -0.39 is 17.2 Å². The maximum absolute atomic E-state index is 12.4. The van der Waals surface area contributed by atoms with Gasteiger partial charge in [-0.25, -0.2) is 0 Å². The number of aromatic amines is 1. The molecule has 0 spiro atoms. The molecule has 2 aromatic heterocycles. The summed E-state index contributed by atoms with van der Waals surface area (Å²) in [4.78, 5) is 51.4. The molecular formula is C20H20N4O4. The van der Waals surface area contributed by atoms with Gasteiger partial charge >= 0.3 is 0 Å². The molecule has 2 heterocycles. The first-order chi connectivity index (χ1) is 13.5. The molecule has 1 aromatic carbocycles. The van der Waals surface area contributed by atoms with Crippen molar-refractivity contribution in [3.8, 4) is 0 Å². The highest BCUT2D eigenvalue weighted by Crippen LogP contribution is 2.07.